The quantitative estimate of drug-likeness (QED) is 0.0487. The summed E-state index contributed by atoms with van der Waals surface area (Å²) in [5.74, 6) is 30.7. The highest BCUT2D eigenvalue weighted by atomic mass is 127. The van der Waals surface area contributed by atoms with Gasteiger partial charge < -0.3 is 0 Å². The van der Waals surface area contributed by atoms with Crippen LogP contribution < -0.4 is 34.6 Å². The predicted octanol–water partition coefficient (Wildman–Crippen LogP) is -0.309. The van der Waals surface area contributed by atoms with Crippen LogP contribution in [0.1, 0.15) is 40.5 Å². The first-order valence-electron chi connectivity index (χ1n) is 7.23. The van der Waals surface area contributed by atoms with E-state index in [2.05, 4.69) is 14.5 Å². The standard InChI is InChI=1S/C11H34I2N9O2/c1-8-10(3,20(14,12-5)19-7)23-21(15,16)11(4,9-2)24-22(17,18)13-6/h19H,5-6,8-9,14-18H2,1-4,7H3/q+3. The molecular formula is C11H34I2N9O2+3. The second-order valence-corrected chi connectivity index (χ2v) is 10.1. The summed E-state index contributed by atoms with van der Waals surface area (Å²) in [4.78, 5) is 10.9. The molecule has 0 rings (SSSR count). The van der Waals surface area contributed by atoms with E-state index in [-0.39, 0.29) is 2.91 Å². The van der Waals surface area contributed by atoms with Crippen molar-refractivity contribution in [1.82, 2.24) is 5.43 Å². The lowest BCUT2D eigenvalue weighted by atomic mass is 10.2. The summed E-state index contributed by atoms with van der Waals surface area (Å²) < 4.78 is 6.94. The zero-order chi connectivity index (χ0) is 19.4. The fourth-order valence-electron chi connectivity index (χ4n) is 1.90. The lowest BCUT2D eigenvalue weighted by Crippen LogP contribution is -2.81. The van der Waals surface area contributed by atoms with Crippen molar-refractivity contribution in [2.24, 2.45) is 29.2 Å². The molecule has 0 bridgehead atoms. The molecular weight excluding hydrogens is 544 g/mol. The van der Waals surface area contributed by atoms with Gasteiger partial charge in [-0.15, -0.1) is 28.8 Å². The molecule has 0 saturated carbocycles. The molecule has 0 aromatic rings. The van der Waals surface area contributed by atoms with Crippen LogP contribution in [0.2, 0.25) is 0 Å². The summed E-state index contributed by atoms with van der Waals surface area (Å²) in [6.07, 6.45) is 0.919. The van der Waals surface area contributed by atoms with Crippen LogP contribution in [0.5, 0.6) is 0 Å². The van der Waals surface area contributed by atoms with E-state index < -0.39 is 61.4 Å². The molecule has 3 unspecified atom stereocenters. The molecule has 11 N–H and O–H groups in total. The molecule has 0 aromatic heterocycles. The van der Waals surface area contributed by atoms with Gasteiger partial charge in [-0.3, -0.25) is 0 Å². The molecule has 0 aliphatic carbocycles. The SMILES string of the molecule is C=I[N+](N)(N)OC(C)(CC)[N+](N)(N)OC(C)(CC)[N+](N)(NC)I=C. The molecule has 24 heavy (non-hydrogen) atoms. The van der Waals surface area contributed by atoms with Crippen LogP contribution >= 0.6 is 42.0 Å². The number of rotatable bonds is 11. The molecule has 0 amide bonds. The summed E-state index contributed by atoms with van der Waals surface area (Å²) in [7, 11) is 1.73. The Bertz CT molecular complexity index is 467. The number of halogens is 2. The van der Waals surface area contributed by atoms with Crippen molar-refractivity contribution >= 4 is 51.0 Å². The average molecular weight is 578 g/mol. The van der Waals surface area contributed by atoms with Gasteiger partial charge in [0.1, 0.15) is 0 Å². The first-order chi connectivity index (χ1) is 10.7. The molecule has 0 fully saturated rings. The Kier molecular flexibility index (Phi) is 8.91. The summed E-state index contributed by atoms with van der Waals surface area (Å²) >= 11 is -1.68. The maximum absolute atomic E-state index is 6.40. The van der Waals surface area contributed by atoms with E-state index in [0.717, 1.165) is 0 Å². The maximum atomic E-state index is 6.40. The largest absolute Gasteiger partial charge is 0.321 e. The number of nitrogens with two attached hydrogens (primary N) is 5. The van der Waals surface area contributed by atoms with Crippen LogP contribution in [0.15, 0.2) is 0 Å². The Morgan fingerprint density at radius 1 is 0.917 bits per heavy atom. The van der Waals surface area contributed by atoms with E-state index in [1.54, 1.807) is 14.0 Å². The molecule has 0 heterocycles. The van der Waals surface area contributed by atoms with Crippen LogP contribution in [0.3, 0.4) is 0 Å². The van der Waals surface area contributed by atoms with Crippen molar-refractivity contribution in [2.45, 2.75) is 52.0 Å². The van der Waals surface area contributed by atoms with E-state index in [1.807, 2.05) is 20.8 Å². The summed E-state index contributed by atoms with van der Waals surface area (Å²) in [5.41, 5.74) is 0.848. The Labute approximate surface area is 164 Å². The second-order valence-electron chi connectivity index (χ2n) is 5.67. The van der Waals surface area contributed by atoms with Gasteiger partial charge in [0.05, 0.1) is 0 Å². The van der Waals surface area contributed by atoms with Gasteiger partial charge in [-0.1, -0.05) is 26.4 Å². The van der Waals surface area contributed by atoms with Gasteiger partial charge in [-0.05, 0) is 9.03 Å². The normalized spacial score (nSPS) is 20.9. The van der Waals surface area contributed by atoms with Gasteiger partial charge in [0, 0.05) is 41.7 Å². The third kappa shape index (κ3) is 5.15. The Morgan fingerprint density at radius 3 is 1.67 bits per heavy atom. The molecule has 146 valence electrons. The lowest BCUT2D eigenvalue weighted by molar-refractivity contribution is -1.24. The predicted molar refractivity (Wildman–Crippen MR) is 113 cm³/mol. The fourth-order valence-corrected chi connectivity index (χ4v) is 3.96. The fraction of sp³-hybridized carbons (Fsp3) is 0.818. The van der Waals surface area contributed by atoms with Crippen molar-refractivity contribution in [1.29, 1.82) is 0 Å². The molecule has 13 heteroatoms. The first kappa shape index (κ1) is 24.8. The second kappa shape index (κ2) is 8.63. The lowest BCUT2D eigenvalue weighted by Gasteiger charge is -2.46. The Morgan fingerprint density at radius 2 is 1.38 bits per heavy atom. The molecule has 3 atom stereocenters. The topological polar surface area (TPSA) is 161 Å². The van der Waals surface area contributed by atoms with Crippen molar-refractivity contribution in [3.63, 3.8) is 0 Å². The van der Waals surface area contributed by atoms with E-state index >= 15 is 0 Å². The molecule has 11 nitrogen and oxygen atoms in total. The minimum absolute atomic E-state index is 0.0932. The van der Waals surface area contributed by atoms with E-state index in [0.29, 0.717) is 12.8 Å². The van der Waals surface area contributed by atoms with Crippen molar-refractivity contribution in [3.8, 4) is 0 Å². The highest BCUT2D eigenvalue weighted by molar-refractivity contribution is 14.1. The van der Waals surface area contributed by atoms with Gasteiger partial charge in [-0.25, -0.2) is 0 Å². The number of nitrogens with zero attached hydrogens (tertiary/aromatic N) is 3. The zero-order valence-electron chi connectivity index (χ0n) is 15.1. The molecule has 0 spiro atoms. The zero-order valence-corrected chi connectivity index (χ0v) is 19.4. The van der Waals surface area contributed by atoms with Crippen LogP contribution in [0, 0.1) is 0 Å². The summed E-state index contributed by atoms with van der Waals surface area (Å²) in [6.45, 7) is 7.27. The van der Waals surface area contributed by atoms with Gasteiger partial charge in [0.2, 0.25) is 21.0 Å². The first-order valence-corrected chi connectivity index (χ1v) is 12.2. The Balaban J connectivity index is 5.84. The van der Waals surface area contributed by atoms with Gasteiger partial charge in [0.15, 0.2) is 21.0 Å². The summed E-state index contributed by atoms with van der Waals surface area (Å²) in [5, 5.41) is 0. The van der Waals surface area contributed by atoms with E-state index in [9.17, 15) is 0 Å². The molecule has 0 aromatic carbocycles. The van der Waals surface area contributed by atoms with Crippen LogP contribution in [0.4, 0.5) is 0 Å². The molecule has 0 aliphatic heterocycles. The van der Waals surface area contributed by atoms with Crippen LogP contribution in [0.25, 0.3) is 0 Å². The van der Waals surface area contributed by atoms with Crippen LogP contribution in [-0.2, 0) is 9.68 Å². The van der Waals surface area contributed by atoms with Gasteiger partial charge in [-0.2, -0.15) is 5.84 Å². The minimum atomic E-state index is -1.23. The Hall–Kier alpha value is 0.760. The third-order valence-corrected chi connectivity index (χ3v) is 7.97. The maximum Gasteiger partial charge on any atom is 0.321 e. The van der Waals surface area contributed by atoms with Crippen molar-refractivity contribution in [2.75, 3.05) is 7.05 Å². The van der Waals surface area contributed by atoms with E-state index in [4.69, 9.17) is 38.9 Å². The molecule has 0 radical (unpaired) electrons. The average Bonchev–Trinajstić information content (AvgIpc) is 2.52. The van der Waals surface area contributed by atoms with E-state index in [1.165, 1.54) is 0 Å². The summed E-state index contributed by atoms with van der Waals surface area (Å²) in [6, 6.07) is 0. The van der Waals surface area contributed by atoms with Gasteiger partial charge in [0.25, 0.3) is 5.72 Å². The minimum Gasteiger partial charge on any atom is -0.151 e. The van der Waals surface area contributed by atoms with Crippen LogP contribution in [-0.4, -0.2) is 38.4 Å². The number of quaternary nitrogens is 3. The number of hydrogen-bond donors (Lipinski definition) is 6. The smallest absolute Gasteiger partial charge is 0.151 e. The number of hydroxylamine groups is 1. The third-order valence-electron chi connectivity index (χ3n) is 4.12. The van der Waals surface area contributed by atoms with Crippen molar-refractivity contribution < 1.29 is 20.5 Å². The highest BCUT2D eigenvalue weighted by Gasteiger charge is 2.60. The van der Waals surface area contributed by atoms with Crippen molar-refractivity contribution in [3.05, 3.63) is 0 Å². The number of nitrogens with one attached hydrogen (secondary N) is 1. The molecule has 0 saturated heterocycles. The number of hydrogen-bond acceptors (Lipinski definition) is 8. The molecule has 0 aliphatic rings. The monoisotopic (exact) mass is 578 g/mol. The highest BCUT2D eigenvalue weighted by Crippen LogP contribution is 2.36. The van der Waals surface area contributed by atoms with Gasteiger partial charge >= 0.3 is 5.72 Å².